The SMILES string of the molecule is N[C@@H]1CC(c2c(F)cccc2F)Oc2cc(Br)ccc21. The molecule has 0 amide bonds. The predicted octanol–water partition coefficient (Wildman–Crippen LogP) is 4.25. The third-order valence-electron chi connectivity index (χ3n) is 3.43. The molecule has 2 aromatic rings. The molecule has 3 rings (SSSR count). The summed E-state index contributed by atoms with van der Waals surface area (Å²) in [6.07, 6.45) is -0.375. The molecule has 0 fully saturated rings. The average Bonchev–Trinajstić information content (AvgIpc) is 2.38. The Morgan fingerprint density at radius 3 is 2.55 bits per heavy atom. The Kier molecular flexibility index (Phi) is 3.48. The van der Waals surface area contributed by atoms with E-state index in [4.69, 9.17) is 10.5 Å². The molecule has 1 unspecified atom stereocenters. The predicted molar refractivity (Wildman–Crippen MR) is 75.4 cm³/mol. The van der Waals surface area contributed by atoms with E-state index in [1.54, 1.807) is 6.07 Å². The number of ether oxygens (including phenoxy) is 1. The number of rotatable bonds is 1. The van der Waals surface area contributed by atoms with Crippen LogP contribution in [-0.2, 0) is 0 Å². The number of benzene rings is 2. The molecule has 2 aromatic carbocycles. The Morgan fingerprint density at radius 2 is 1.85 bits per heavy atom. The van der Waals surface area contributed by atoms with Gasteiger partial charge in [0.2, 0.25) is 0 Å². The fourth-order valence-corrected chi connectivity index (χ4v) is 2.81. The van der Waals surface area contributed by atoms with Crippen LogP contribution in [0.5, 0.6) is 5.75 Å². The van der Waals surface area contributed by atoms with Crippen molar-refractivity contribution in [2.75, 3.05) is 0 Å². The fraction of sp³-hybridized carbons (Fsp3) is 0.200. The molecule has 20 heavy (non-hydrogen) atoms. The lowest BCUT2D eigenvalue weighted by molar-refractivity contribution is 0.153. The number of halogens is 3. The lowest BCUT2D eigenvalue weighted by atomic mass is 9.93. The second kappa shape index (κ2) is 5.14. The van der Waals surface area contributed by atoms with Gasteiger partial charge in [0.05, 0.1) is 5.56 Å². The minimum Gasteiger partial charge on any atom is -0.485 e. The molecule has 1 heterocycles. The highest BCUT2D eigenvalue weighted by molar-refractivity contribution is 9.10. The third kappa shape index (κ3) is 2.31. The molecular weight excluding hydrogens is 328 g/mol. The van der Waals surface area contributed by atoms with Crippen molar-refractivity contribution in [1.29, 1.82) is 0 Å². The zero-order valence-electron chi connectivity index (χ0n) is 10.4. The van der Waals surface area contributed by atoms with Gasteiger partial charge in [0.1, 0.15) is 23.5 Å². The van der Waals surface area contributed by atoms with E-state index in [9.17, 15) is 8.78 Å². The van der Waals surface area contributed by atoms with Gasteiger partial charge in [-0.15, -0.1) is 0 Å². The highest BCUT2D eigenvalue weighted by atomic mass is 79.9. The van der Waals surface area contributed by atoms with Gasteiger partial charge in [0, 0.05) is 22.5 Å². The summed E-state index contributed by atoms with van der Waals surface area (Å²) in [5, 5.41) is 0. The zero-order chi connectivity index (χ0) is 14.3. The normalized spacial score (nSPS) is 21.2. The van der Waals surface area contributed by atoms with Gasteiger partial charge in [0.25, 0.3) is 0 Å². The molecule has 0 aromatic heterocycles. The van der Waals surface area contributed by atoms with Gasteiger partial charge < -0.3 is 10.5 Å². The first kappa shape index (κ1) is 13.5. The van der Waals surface area contributed by atoms with E-state index in [-0.39, 0.29) is 11.6 Å². The standard InChI is InChI=1S/C15H12BrF2NO/c16-8-4-5-9-12(19)7-14(20-13(9)6-8)15-10(17)2-1-3-11(15)18/h1-6,12,14H,7,19H2/t12-,14?/m1/s1. The van der Waals surface area contributed by atoms with E-state index < -0.39 is 17.7 Å². The molecule has 0 spiro atoms. The summed E-state index contributed by atoms with van der Waals surface area (Å²) >= 11 is 3.35. The summed E-state index contributed by atoms with van der Waals surface area (Å²) < 4.78 is 34.3. The Morgan fingerprint density at radius 1 is 1.15 bits per heavy atom. The molecular formula is C15H12BrF2NO. The molecule has 5 heteroatoms. The van der Waals surface area contributed by atoms with Gasteiger partial charge in [-0.2, -0.15) is 0 Å². The monoisotopic (exact) mass is 339 g/mol. The quantitative estimate of drug-likeness (QED) is 0.842. The van der Waals surface area contributed by atoms with E-state index in [1.165, 1.54) is 18.2 Å². The van der Waals surface area contributed by atoms with Gasteiger partial charge in [-0.25, -0.2) is 8.78 Å². The summed E-state index contributed by atoms with van der Waals surface area (Å²) in [6, 6.07) is 8.97. The molecule has 0 saturated carbocycles. The highest BCUT2D eigenvalue weighted by Crippen LogP contribution is 2.41. The minimum absolute atomic E-state index is 0.0615. The number of hydrogen-bond donors (Lipinski definition) is 1. The Bertz CT molecular complexity index is 642. The molecule has 104 valence electrons. The van der Waals surface area contributed by atoms with Crippen LogP contribution in [-0.4, -0.2) is 0 Å². The van der Waals surface area contributed by atoms with Crippen LogP contribution in [0.15, 0.2) is 40.9 Å². The Hall–Kier alpha value is -1.46. The molecule has 0 bridgehead atoms. The van der Waals surface area contributed by atoms with Crippen molar-refractivity contribution in [3.8, 4) is 5.75 Å². The van der Waals surface area contributed by atoms with Gasteiger partial charge in [-0.3, -0.25) is 0 Å². The van der Waals surface area contributed by atoms with Crippen LogP contribution in [0.3, 0.4) is 0 Å². The molecule has 1 aliphatic heterocycles. The topological polar surface area (TPSA) is 35.2 Å². The van der Waals surface area contributed by atoms with E-state index in [1.807, 2.05) is 12.1 Å². The summed E-state index contributed by atoms with van der Waals surface area (Å²) in [5.74, 6) is -0.660. The highest BCUT2D eigenvalue weighted by Gasteiger charge is 2.30. The fourth-order valence-electron chi connectivity index (χ4n) is 2.47. The van der Waals surface area contributed by atoms with Gasteiger partial charge in [-0.1, -0.05) is 28.1 Å². The van der Waals surface area contributed by atoms with Gasteiger partial charge in [-0.05, 0) is 24.3 Å². The molecule has 0 saturated heterocycles. The second-order valence-electron chi connectivity index (χ2n) is 4.77. The molecule has 2 nitrogen and oxygen atoms in total. The van der Waals surface area contributed by atoms with Crippen LogP contribution in [0.4, 0.5) is 8.78 Å². The van der Waals surface area contributed by atoms with E-state index in [0.717, 1.165) is 10.0 Å². The maximum Gasteiger partial charge on any atom is 0.133 e. The average molecular weight is 340 g/mol. The number of nitrogens with two attached hydrogens (primary N) is 1. The van der Waals surface area contributed by atoms with Crippen molar-refractivity contribution in [3.05, 3.63) is 63.6 Å². The first-order chi connectivity index (χ1) is 9.56. The summed E-state index contributed by atoms with van der Waals surface area (Å²) in [7, 11) is 0. The molecule has 0 radical (unpaired) electrons. The Labute approximate surface area is 123 Å². The van der Waals surface area contributed by atoms with Crippen LogP contribution < -0.4 is 10.5 Å². The van der Waals surface area contributed by atoms with Gasteiger partial charge >= 0.3 is 0 Å². The summed E-state index contributed by atoms with van der Waals surface area (Å²) in [4.78, 5) is 0. The Balaban J connectivity index is 2.03. The zero-order valence-corrected chi connectivity index (χ0v) is 12.0. The third-order valence-corrected chi connectivity index (χ3v) is 3.93. The molecule has 2 atom stereocenters. The van der Waals surface area contributed by atoms with E-state index in [0.29, 0.717) is 12.2 Å². The lowest BCUT2D eigenvalue weighted by Crippen LogP contribution is -2.25. The molecule has 1 aliphatic rings. The van der Waals surface area contributed by atoms with Gasteiger partial charge in [0.15, 0.2) is 0 Å². The van der Waals surface area contributed by atoms with Crippen molar-refractivity contribution in [2.45, 2.75) is 18.6 Å². The number of fused-ring (bicyclic) bond motifs is 1. The summed E-state index contributed by atoms with van der Waals surface area (Å²) in [5.41, 5.74) is 6.87. The van der Waals surface area contributed by atoms with Crippen LogP contribution in [0.1, 0.15) is 29.7 Å². The first-order valence-electron chi connectivity index (χ1n) is 6.22. The van der Waals surface area contributed by atoms with Crippen LogP contribution >= 0.6 is 15.9 Å². The molecule has 0 aliphatic carbocycles. The van der Waals surface area contributed by atoms with Crippen LogP contribution in [0.2, 0.25) is 0 Å². The van der Waals surface area contributed by atoms with Crippen molar-refractivity contribution in [1.82, 2.24) is 0 Å². The van der Waals surface area contributed by atoms with Crippen LogP contribution in [0, 0.1) is 11.6 Å². The van der Waals surface area contributed by atoms with E-state index >= 15 is 0 Å². The second-order valence-corrected chi connectivity index (χ2v) is 5.68. The maximum atomic E-state index is 13.8. The van der Waals surface area contributed by atoms with Crippen molar-refractivity contribution in [3.63, 3.8) is 0 Å². The molecule has 2 N–H and O–H groups in total. The van der Waals surface area contributed by atoms with Crippen LogP contribution in [0.25, 0.3) is 0 Å². The number of hydrogen-bond acceptors (Lipinski definition) is 2. The largest absolute Gasteiger partial charge is 0.485 e. The minimum atomic E-state index is -0.715. The van der Waals surface area contributed by atoms with Crippen molar-refractivity contribution >= 4 is 15.9 Å². The van der Waals surface area contributed by atoms with Crippen molar-refractivity contribution in [2.24, 2.45) is 5.73 Å². The summed E-state index contributed by atoms with van der Waals surface area (Å²) in [6.45, 7) is 0. The van der Waals surface area contributed by atoms with E-state index in [2.05, 4.69) is 15.9 Å². The maximum absolute atomic E-state index is 13.8. The van der Waals surface area contributed by atoms with Crippen molar-refractivity contribution < 1.29 is 13.5 Å². The first-order valence-corrected chi connectivity index (χ1v) is 7.01. The lowest BCUT2D eigenvalue weighted by Gasteiger charge is -2.31. The smallest absolute Gasteiger partial charge is 0.133 e.